The number of terminal acetylenes is 1. The summed E-state index contributed by atoms with van der Waals surface area (Å²) in [6, 6.07) is 17.3. The number of aromatic nitrogens is 4. The molecule has 4 rings (SSSR count). The molecule has 8 heteroatoms. The van der Waals surface area contributed by atoms with Crippen LogP contribution in [0.3, 0.4) is 0 Å². The van der Waals surface area contributed by atoms with E-state index in [1.165, 1.54) is 11.8 Å². The number of hydrogen-bond acceptors (Lipinski definition) is 6. The SMILES string of the molecule is C#CCOc1ccc(CCNC(=O)c2ccccc2CSc2nc3nc(C)cc(C)n3n2)cc1. The van der Waals surface area contributed by atoms with Crippen molar-refractivity contribution in [2.45, 2.75) is 31.2 Å². The minimum absolute atomic E-state index is 0.0960. The largest absolute Gasteiger partial charge is 0.481 e. The molecule has 172 valence electrons. The number of ether oxygens (including phenoxy) is 1. The molecule has 0 spiro atoms. The standard InChI is InChI=1S/C26H25N5O2S/c1-4-15-33-22-11-9-20(10-12-22)13-14-27-24(32)23-8-6-5-7-21(23)17-34-26-29-25-28-18(2)16-19(3)31(25)30-26/h1,5-12,16H,13-15,17H2,2-3H3,(H,27,32). The van der Waals surface area contributed by atoms with Crippen LogP contribution in [0.5, 0.6) is 5.75 Å². The summed E-state index contributed by atoms with van der Waals surface area (Å²) in [4.78, 5) is 21.8. The number of carbonyl (C=O) groups is 1. The van der Waals surface area contributed by atoms with E-state index in [4.69, 9.17) is 11.2 Å². The second-order valence-electron chi connectivity index (χ2n) is 7.73. The molecular formula is C26H25N5O2S. The lowest BCUT2D eigenvalue weighted by molar-refractivity contribution is 0.0953. The first kappa shape index (κ1) is 23.3. The quantitative estimate of drug-likeness (QED) is 0.293. The molecule has 0 atom stereocenters. The Kier molecular flexibility index (Phi) is 7.45. The van der Waals surface area contributed by atoms with Gasteiger partial charge < -0.3 is 10.1 Å². The van der Waals surface area contributed by atoms with Crippen LogP contribution < -0.4 is 10.1 Å². The fraction of sp³-hybridized carbons (Fsp3) is 0.231. The van der Waals surface area contributed by atoms with Crippen LogP contribution in [0.25, 0.3) is 5.78 Å². The molecule has 0 bridgehead atoms. The minimum atomic E-state index is -0.0960. The van der Waals surface area contributed by atoms with Crippen LogP contribution in [0.4, 0.5) is 0 Å². The number of thioether (sulfide) groups is 1. The van der Waals surface area contributed by atoms with Crippen molar-refractivity contribution in [2.24, 2.45) is 0 Å². The topological polar surface area (TPSA) is 81.4 Å². The van der Waals surface area contributed by atoms with Gasteiger partial charge in [0.15, 0.2) is 0 Å². The molecule has 1 amide bonds. The highest BCUT2D eigenvalue weighted by molar-refractivity contribution is 7.98. The lowest BCUT2D eigenvalue weighted by atomic mass is 10.1. The molecule has 0 aliphatic heterocycles. The monoisotopic (exact) mass is 471 g/mol. The predicted octanol–water partition coefficient (Wildman–Crippen LogP) is 4.02. The first-order valence-electron chi connectivity index (χ1n) is 10.9. The molecule has 0 saturated heterocycles. The molecule has 34 heavy (non-hydrogen) atoms. The van der Waals surface area contributed by atoms with Gasteiger partial charge in [-0.15, -0.1) is 11.5 Å². The number of nitrogens with one attached hydrogen (secondary N) is 1. The predicted molar refractivity (Wildman–Crippen MR) is 133 cm³/mol. The zero-order valence-electron chi connectivity index (χ0n) is 19.1. The normalized spacial score (nSPS) is 10.7. The Hall–Kier alpha value is -3.83. The van der Waals surface area contributed by atoms with E-state index in [0.29, 0.717) is 28.8 Å². The third kappa shape index (κ3) is 5.74. The van der Waals surface area contributed by atoms with E-state index in [-0.39, 0.29) is 12.5 Å². The Morgan fingerprint density at radius 3 is 2.74 bits per heavy atom. The average molecular weight is 472 g/mol. The minimum Gasteiger partial charge on any atom is -0.481 e. The Bertz CT molecular complexity index is 1340. The second kappa shape index (κ2) is 10.9. The van der Waals surface area contributed by atoms with Gasteiger partial charge in [0, 0.05) is 29.2 Å². The molecule has 1 N–H and O–H groups in total. The Morgan fingerprint density at radius 2 is 1.94 bits per heavy atom. The van der Waals surface area contributed by atoms with Gasteiger partial charge in [0.2, 0.25) is 5.16 Å². The van der Waals surface area contributed by atoms with Crippen molar-refractivity contribution in [3.63, 3.8) is 0 Å². The van der Waals surface area contributed by atoms with Crippen molar-refractivity contribution in [3.8, 4) is 18.1 Å². The zero-order chi connectivity index (χ0) is 23.9. The van der Waals surface area contributed by atoms with Gasteiger partial charge in [-0.3, -0.25) is 4.79 Å². The van der Waals surface area contributed by atoms with E-state index in [2.05, 4.69) is 26.3 Å². The lowest BCUT2D eigenvalue weighted by Crippen LogP contribution is -2.26. The second-order valence-corrected chi connectivity index (χ2v) is 8.68. The van der Waals surface area contributed by atoms with Crippen LogP contribution >= 0.6 is 11.8 Å². The van der Waals surface area contributed by atoms with E-state index in [1.54, 1.807) is 4.52 Å². The maximum atomic E-state index is 12.9. The molecule has 0 aliphatic carbocycles. The fourth-order valence-corrected chi connectivity index (χ4v) is 4.33. The molecule has 0 fully saturated rings. The molecule has 0 saturated carbocycles. The Labute approximate surface area is 203 Å². The summed E-state index contributed by atoms with van der Waals surface area (Å²) < 4.78 is 7.12. The van der Waals surface area contributed by atoms with Crippen LogP contribution in [0.2, 0.25) is 0 Å². The average Bonchev–Trinajstić information content (AvgIpc) is 3.25. The summed E-state index contributed by atoms with van der Waals surface area (Å²) in [6.07, 6.45) is 5.92. The molecule has 0 unspecified atom stereocenters. The summed E-state index contributed by atoms with van der Waals surface area (Å²) in [6.45, 7) is 4.69. The molecule has 2 aromatic carbocycles. The first-order valence-corrected chi connectivity index (χ1v) is 11.9. The van der Waals surface area contributed by atoms with Gasteiger partial charge in [-0.25, -0.2) is 9.50 Å². The van der Waals surface area contributed by atoms with E-state index < -0.39 is 0 Å². The van der Waals surface area contributed by atoms with Crippen molar-refractivity contribution in [3.05, 3.63) is 82.7 Å². The van der Waals surface area contributed by atoms with Gasteiger partial charge in [-0.1, -0.05) is 48.0 Å². The maximum absolute atomic E-state index is 12.9. The van der Waals surface area contributed by atoms with Crippen molar-refractivity contribution in [1.82, 2.24) is 24.9 Å². The number of aryl methyl sites for hydroxylation is 2. The van der Waals surface area contributed by atoms with Crippen LogP contribution in [0, 0.1) is 26.2 Å². The Balaban J connectivity index is 1.35. The molecule has 2 aromatic heterocycles. The van der Waals surface area contributed by atoms with E-state index >= 15 is 0 Å². The van der Waals surface area contributed by atoms with E-state index in [9.17, 15) is 4.79 Å². The van der Waals surface area contributed by atoms with Crippen LogP contribution in [-0.4, -0.2) is 38.6 Å². The number of amides is 1. The van der Waals surface area contributed by atoms with Crippen LogP contribution in [0.1, 0.15) is 32.9 Å². The number of nitrogens with zero attached hydrogens (tertiary/aromatic N) is 4. The third-order valence-corrected chi connectivity index (χ3v) is 6.05. The highest BCUT2D eigenvalue weighted by Crippen LogP contribution is 2.23. The van der Waals surface area contributed by atoms with Crippen LogP contribution in [-0.2, 0) is 12.2 Å². The molecule has 0 radical (unpaired) electrons. The molecule has 0 aliphatic rings. The fourth-order valence-electron chi connectivity index (χ4n) is 3.51. The summed E-state index contributed by atoms with van der Waals surface area (Å²) >= 11 is 1.49. The van der Waals surface area contributed by atoms with E-state index in [1.807, 2.05) is 68.4 Å². The van der Waals surface area contributed by atoms with Crippen molar-refractivity contribution in [2.75, 3.05) is 13.2 Å². The number of carbonyl (C=O) groups excluding carboxylic acids is 1. The zero-order valence-corrected chi connectivity index (χ0v) is 19.9. The highest BCUT2D eigenvalue weighted by Gasteiger charge is 2.13. The van der Waals surface area contributed by atoms with Gasteiger partial charge in [0.25, 0.3) is 11.7 Å². The van der Waals surface area contributed by atoms with Crippen molar-refractivity contribution >= 4 is 23.4 Å². The molecule has 2 heterocycles. The van der Waals surface area contributed by atoms with Gasteiger partial charge in [0.1, 0.15) is 12.4 Å². The van der Waals surface area contributed by atoms with Gasteiger partial charge in [-0.2, -0.15) is 4.98 Å². The number of rotatable bonds is 9. The smallest absolute Gasteiger partial charge is 0.253 e. The number of hydrogen-bond donors (Lipinski definition) is 1. The van der Waals surface area contributed by atoms with Gasteiger partial charge >= 0.3 is 0 Å². The Morgan fingerprint density at radius 1 is 1.15 bits per heavy atom. The lowest BCUT2D eigenvalue weighted by Gasteiger charge is -2.10. The number of fused-ring (bicyclic) bond motifs is 1. The molecular weight excluding hydrogens is 446 g/mol. The molecule has 7 nitrogen and oxygen atoms in total. The summed E-state index contributed by atoms with van der Waals surface area (Å²) in [5, 5.41) is 8.18. The molecule has 4 aromatic rings. The summed E-state index contributed by atoms with van der Waals surface area (Å²) in [7, 11) is 0. The number of benzene rings is 2. The van der Waals surface area contributed by atoms with E-state index in [0.717, 1.165) is 34.7 Å². The summed E-state index contributed by atoms with van der Waals surface area (Å²) in [5.41, 5.74) is 4.58. The summed E-state index contributed by atoms with van der Waals surface area (Å²) in [5.74, 6) is 4.25. The third-order valence-electron chi connectivity index (χ3n) is 5.16. The van der Waals surface area contributed by atoms with Gasteiger partial charge in [0.05, 0.1) is 0 Å². The van der Waals surface area contributed by atoms with Crippen molar-refractivity contribution in [1.29, 1.82) is 0 Å². The first-order chi connectivity index (χ1) is 16.5. The van der Waals surface area contributed by atoms with Gasteiger partial charge in [-0.05, 0) is 55.7 Å². The maximum Gasteiger partial charge on any atom is 0.253 e. The van der Waals surface area contributed by atoms with Crippen molar-refractivity contribution < 1.29 is 9.53 Å². The van der Waals surface area contributed by atoms with Crippen LogP contribution in [0.15, 0.2) is 59.8 Å². The highest BCUT2D eigenvalue weighted by atomic mass is 32.2.